The van der Waals surface area contributed by atoms with Gasteiger partial charge in [-0.05, 0) is 73.5 Å². The van der Waals surface area contributed by atoms with Crippen LogP contribution in [-0.4, -0.2) is 181 Å². The number of aliphatic hydroxyl groups is 10. The van der Waals surface area contributed by atoms with Crippen molar-refractivity contribution in [3.05, 3.63) is 0 Å². The van der Waals surface area contributed by atoms with Gasteiger partial charge in [0, 0.05) is 38.2 Å². The minimum Gasteiger partial charge on any atom is -0.460 e. The largest absolute Gasteiger partial charge is 0.460 e. The zero-order valence-corrected chi connectivity index (χ0v) is 35.6. The number of carbonyl (C=O) groups is 1. The second kappa shape index (κ2) is 17.3. The van der Waals surface area contributed by atoms with Crippen LogP contribution in [0.15, 0.2) is 0 Å². The molecule has 18 heteroatoms. The van der Waals surface area contributed by atoms with Gasteiger partial charge >= 0.3 is 5.97 Å². The summed E-state index contributed by atoms with van der Waals surface area (Å²) in [7, 11) is 1.66. The van der Waals surface area contributed by atoms with Crippen molar-refractivity contribution in [3.8, 4) is 0 Å². The molecule has 7 fully saturated rings. The molecule has 4 unspecified atom stereocenters. The molecule has 7 rings (SSSR count). The molecule has 3 saturated heterocycles. The van der Waals surface area contributed by atoms with E-state index in [1.165, 1.54) is 6.92 Å². The van der Waals surface area contributed by atoms with E-state index in [2.05, 4.69) is 13.8 Å². The fourth-order valence-electron chi connectivity index (χ4n) is 13.4. The average molecular weight is 863 g/mol. The molecule has 10 N–H and O–H groups in total. The summed E-state index contributed by atoms with van der Waals surface area (Å²) in [6.07, 6.45) is -13.8. The molecule has 0 spiro atoms. The lowest BCUT2D eigenvalue weighted by Crippen LogP contribution is -2.71. The van der Waals surface area contributed by atoms with Crippen LogP contribution >= 0.6 is 0 Å². The highest BCUT2D eigenvalue weighted by Gasteiger charge is 2.73. The molecule has 24 atom stereocenters. The number of rotatable bonds is 12. The van der Waals surface area contributed by atoms with Crippen molar-refractivity contribution < 1.29 is 89.0 Å². The summed E-state index contributed by atoms with van der Waals surface area (Å²) in [5, 5.41) is 106. The van der Waals surface area contributed by atoms with Crippen LogP contribution in [0.5, 0.6) is 0 Å². The first-order valence-electron chi connectivity index (χ1n) is 21.9. The molecule has 0 aromatic heterocycles. The fourth-order valence-corrected chi connectivity index (χ4v) is 13.4. The van der Waals surface area contributed by atoms with Gasteiger partial charge < -0.3 is 84.2 Å². The van der Waals surface area contributed by atoms with Crippen LogP contribution in [0.1, 0.15) is 86.0 Å². The van der Waals surface area contributed by atoms with Crippen molar-refractivity contribution in [3.63, 3.8) is 0 Å². The molecule has 18 nitrogen and oxygen atoms in total. The van der Waals surface area contributed by atoms with Crippen LogP contribution in [-0.2, 0) is 38.0 Å². The molecular weight excluding hydrogens is 792 g/mol. The van der Waals surface area contributed by atoms with Gasteiger partial charge in [0.05, 0.1) is 43.7 Å². The van der Waals surface area contributed by atoms with E-state index >= 15 is 0 Å². The van der Waals surface area contributed by atoms with Crippen LogP contribution in [0.2, 0.25) is 0 Å². The van der Waals surface area contributed by atoms with Gasteiger partial charge in [-0.3, -0.25) is 4.79 Å². The van der Waals surface area contributed by atoms with Crippen LogP contribution in [0.3, 0.4) is 0 Å². The maximum absolute atomic E-state index is 12.6. The molecule has 0 bridgehead atoms. The Bertz CT molecular complexity index is 1500. The van der Waals surface area contributed by atoms with Crippen molar-refractivity contribution in [2.75, 3.05) is 26.9 Å². The Balaban J connectivity index is 1.05. The van der Waals surface area contributed by atoms with E-state index in [1.807, 2.05) is 13.8 Å². The number of esters is 1. The molecule has 0 aromatic rings. The Morgan fingerprint density at radius 3 is 2.05 bits per heavy atom. The van der Waals surface area contributed by atoms with Crippen LogP contribution in [0.25, 0.3) is 0 Å². The van der Waals surface area contributed by atoms with Crippen molar-refractivity contribution in [1.82, 2.24) is 0 Å². The Kier molecular flexibility index (Phi) is 13.5. The smallest absolute Gasteiger partial charge is 0.302 e. The van der Waals surface area contributed by atoms with Crippen LogP contribution in [0, 0.1) is 46.3 Å². The van der Waals surface area contributed by atoms with Gasteiger partial charge in [0.25, 0.3) is 0 Å². The minimum atomic E-state index is -1.68. The number of hydrogen-bond acceptors (Lipinski definition) is 18. The third-order valence-corrected chi connectivity index (χ3v) is 16.7. The monoisotopic (exact) mass is 862 g/mol. The molecule has 4 aliphatic carbocycles. The predicted molar refractivity (Wildman–Crippen MR) is 205 cm³/mol. The maximum atomic E-state index is 12.6. The van der Waals surface area contributed by atoms with Crippen molar-refractivity contribution in [2.45, 2.75) is 183 Å². The van der Waals surface area contributed by atoms with E-state index in [1.54, 1.807) is 7.11 Å². The topological polar surface area (TPSA) is 284 Å². The molecular formula is C42H70O18. The van der Waals surface area contributed by atoms with Gasteiger partial charge in [-0.2, -0.15) is 0 Å². The molecule has 7 aliphatic rings. The summed E-state index contributed by atoms with van der Waals surface area (Å²) in [6.45, 7) is 8.66. The summed E-state index contributed by atoms with van der Waals surface area (Å²) < 4.78 is 42.2. The van der Waals surface area contributed by atoms with E-state index in [-0.39, 0.29) is 66.5 Å². The van der Waals surface area contributed by atoms with Crippen molar-refractivity contribution >= 4 is 5.97 Å². The molecule has 3 heterocycles. The van der Waals surface area contributed by atoms with E-state index in [0.29, 0.717) is 19.3 Å². The number of carbonyl (C=O) groups excluding carboxylic acids is 1. The predicted octanol–water partition coefficient (Wildman–Crippen LogP) is -1.32. The molecule has 3 aliphatic heterocycles. The highest BCUT2D eigenvalue weighted by molar-refractivity contribution is 5.66. The minimum absolute atomic E-state index is 0.000134. The van der Waals surface area contributed by atoms with E-state index in [9.17, 15) is 55.9 Å². The number of fused-ring (bicyclic) bond motifs is 7. The first-order chi connectivity index (χ1) is 28.2. The molecule has 0 amide bonds. The standard InChI is InChI=1S/C42H70O18/c1-18(17-55-37-35(51)33(49)31(47)27(15-43)58-37)7-10-42(54-6)19(2)30-24(60-42)12-23-21-11-29(46)41(53)14-26(56-20(3)45)25(13-40(41,5)22(21)8-9-39(23,30)4)57-38-36(52)34(50)32(48)28(16-44)59-38/h18-19,21-38,43-44,46-53H,7-17H2,1-6H3/t18-,19?,21-,22+,23+,24?,25-,26-,27-,28-,29-,30?,31-,32-,33+,34+,35-,36-,37-,38-,39+,40-,41+,42?/m1/s1. The van der Waals surface area contributed by atoms with Gasteiger partial charge in [-0.15, -0.1) is 0 Å². The zero-order valence-electron chi connectivity index (χ0n) is 35.6. The number of hydrogen-bond donors (Lipinski definition) is 10. The van der Waals surface area contributed by atoms with Gasteiger partial charge in [0.2, 0.25) is 0 Å². The third kappa shape index (κ3) is 7.58. The Hall–Kier alpha value is -1.17. The van der Waals surface area contributed by atoms with E-state index in [0.717, 1.165) is 19.3 Å². The SMILES string of the molecule is COC1(CC[C@@H](C)CO[C@@H]2O[C@H](CO)[C@@H](O)[C@H](O)[C@H]2O)OC2C[C@H]3[C@@H]4C[C@@H](O)[C@@]5(O)C[C@@H](OC(C)=O)[C@H](O[C@@H]6O[C@H](CO)[C@@H](O)[C@H](O)[C@H]6O)C[C@]5(C)[C@H]4CC[C@]3(C)C2C1C. The van der Waals surface area contributed by atoms with Gasteiger partial charge in [0.1, 0.15) is 54.9 Å². The lowest BCUT2D eigenvalue weighted by molar-refractivity contribution is -0.339. The van der Waals surface area contributed by atoms with Gasteiger partial charge in [0.15, 0.2) is 18.4 Å². The summed E-state index contributed by atoms with van der Waals surface area (Å²) in [6, 6.07) is 0. The Morgan fingerprint density at radius 1 is 0.833 bits per heavy atom. The first kappa shape index (κ1) is 46.8. The highest BCUT2D eigenvalue weighted by Crippen LogP contribution is 2.72. The zero-order chi connectivity index (χ0) is 43.9. The Morgan fingerprint density at radius 2 is 1.45 bits per heavy atom. The number of methoxy groups -OCH3 is 1. The molecule has 0 radical (unpaired) electrons. The normalized spacial score (nSPS) is 54.4. The van der Waals surface area contributed by atoms with E-state index < -0.39 is 116 Å². The third-order valence-electron chi connectivity index (χ3n) is 16.7. The van der Waals surface area contributed by atoms with Gasteiger partial charge in [-0.1, -0.05) is 27.7 Å². The first-order valence-corrected chi connectivity index (χ1v) is 21.9. The highest BCUT2D eigenvalue weighted by atomic mass is 16.7. The second-order valence-electron chi connectivity index (χ2n) is 19.8. The van der Waals surface area contributed by atoms with Crippen molar-refractivity contribution in [2.24, 2.45) is 46.3 Å². The quantitative estimate of drug-likeness (QED) is 0.0804. The van der Waals surface area contributed by atoms with Gasteiger partial charge in [-0.25, -0.2) is 0 Å². The molecule has 0 aromatic carbocycles. The number of aliphatic hydroxyl groups excluding tert-OH is 9. The molecule has 60 heavy (non-hydrogen) atoms. The molecule has 4 saturated carbocycles. The van der Waals surface area contributed by atoms with Crippen LogP contribution in [0.4, 0.5) is 0 Å². The summed E-state index contributed by atoms with van der Waals surface area (Å²) >= 11 is 0. The molecule has 346 valence electrons. The maximum Gasteiger partial charge on any atom is 0.302 e. The summed E-state index contributed by atoms with van der Waals surface area (Å²) in [5.74, 6) is -1.34. The summed E-state index contributed by atoms with van der Waals surface area (Å²) in [4.78, 5) is 12.4. The number of ether oxygens (including phenoxy) is 7. The van der Waals surface area contributed by atoms with E-state index in [4.69, 9.17) is 33.2 Å². The summed E-state index contributed by atoms with van der Waals surface area (Å²) in [5.41, 5.74) is -2.78. The van der Waals surface area contributed by atoms with Crippen LogP contribution < -0.4 is 0 Å². The lowest BCUT2D eigenvalue weighted by atomic mass is 9.42. The average Bonchev–Trinajstić information content (AvgIpc) is 3.66. The van der Waals surface area contributed by atoms with Crippen molar-refractivity contribution in [1.29, 1.82) is 0 Å². The lowest BCUT2D eigenvalue weighted by Gasteiger charge is -2.66. The fraction of sp³-hybridized carbons (Fsp3) is 0.976. The Labute approximate surface area is 351 Å². The second-order valence-corrected chi connectivity index (χ2v) is 19.8.